The van der Waals surface area contributed by atoms with Crippen molar-refractivity contribution >= 4 is 32.7 Å². The Morgan fingerprint density at radius 2 is 1.78 bits per heavy atom. The van der Waals surface area contributed by atoms with E-state index in [2.05, 4.69) is 5.10 Å². The summed E-state index contributed by atoms with van der Waals surface area (Å²) in [5.74, 6) is 1.27. The molecule has 0 aliphatic heterocycles. The van der Waals surface area contributed by atoms with E-state index in [0.29, 0.717) is 11.3 Å². The zero-order valence-corrected chi connectivity index (χ0v) is 19.8. The second-order valence-electron chi connectivity index (χ2n) is 5.28. The van der Waals surface area contributed by atoms with Gasteiger partial charge in [-0.3, -0.25) is 4.52 Å². The van der Waals surface area contributed by atoms with Gasteiger partial charge in [0.15, 0.2) is 5.75 Å². The monoisotopic (exact) mass is 435 g/mol. The Bertz CT molecular complexity index is 828. The number of benzene rings is 2. The van der Waals surface area contributed by atoms with Gasteiger partial charge in [-0.15, -0.1) is 5.10 Å². The molecule has 0 spiro atoms. The molecule has 0 heterocycles. The van der Waals surface area contributed by atoms with Gasteiger partial charge in [-0.1, -0.05) is 16.9 Å². The summed E-state index contributed by atoms with van der Waals surface area (Å²) in [7, 11) is -2.44. The first-order valence-electron chi connectivity index (χ1n) is 7.45. The van der Waals surface area contributed by atoms with Crippen molar-refractivity contribution in [3.63, 3.8) is 0 Å². The Balaban J connectivity index is 0.00000364. The van der Waals surface area contributed by atoms with Gasteiger partial charge in [-0.25, -0.2) is 0 Å². The van der Waals surface area contributed by atoms with Crippen molar-refractivity contribution in [1.29, 1.82) is 0 Å². The van der Waals surface area contributed by atoms with Gasteiger partial charge in [0.25, 0.3) is 0 Å². The molecule has 0 amide bonds. The first-order valence-corrected chi connectivity index (χ1v) is 11.4. The molecule has 0 bridgehead atoms. The third kappa shape index (κ3) is 8.81. The summed E-state index contributed by atoms with van der Waals surface area (Å²) in [5, 5.41) is 4.27. The van der Waals surface area contributed by atoms with Gasteiger partial charge in [0.1, 0.15) is 13.3 Å². The zero-order chi connectivity index (χ0) is 19.2. The fourth-order valence-electron chi connectivity index (χ4n) is 1.92. The average molecular weight is 435 g/mol. The molecule has 2 rings (SSSR count). The van der Waals surface area contributed by atoms with E-state index in [1.54, 1.807) is 49.4 Å². The van der Waals surface area contributed by atoms with Crippen molar-refractivity contribution in [2.24, 2.45) is 5.10 Å². The second-order valence-corrected chi connectivity index (χ2v) is 9.04. The predicted molar refractivity (Wildman–Crippen MR) is 103 cm³/mol. The largest absolute Gasteiger partial charge is 1.00 e. The summed E-state index contributed by atoms with van der Waals surface area (Å²) in [6.45, 7) is 0. The predicted octanol–water partition coefficient (Wildman–Crippen LogP) is -0.137. The van der Waals surface area contributed by atoms with Gasteiger partial charge in [-0.05, 0) is 47.5 Å². The fourth-order valence-corrected chi connectivity index (χ4v) is 3.53. The minimum atomic E-state index is -4.33. The van der Waals surface area contributed by atoms with Gasteiger partial charge in [-0.2, -0.15) is 0 Å². The van der Waals surface area contributed by atoms with Crippen molar-refractivity contribution in [3.05, 3.63) is 59.7 Å². The van der Waals surface area contributed by atoms with Crippen LogP contribution in [0.1, 0.15) is 11.1 Å². The Labute approximate surface area is 186 Å². The minimum Gasteiger partial charge on any atom is -0.778 e. The molecule has 1 N–H and O–H groups in total. The number of hydrazone groups is 1. The van der Waals surface area contributed by atoms with E-state index in [4.69, 9.17) is 26.0 Å². The van der Waals surface area contributed by atoms with E-state index in [1.165, 1.54) is 0 Å². The summed E-state index contributed by atoms with van der Waals surface area (Å²) in [6.07, 6.45) is 1.25. The second kappa shape index (κ2) is 11.2. The molecule has 0 aromatic heterocycles. The molecule has 0 saturated carbocycles. The number of hydrogen-bond donors (Lipinski definition) is 1. The van der Waals surface area contributed by atoms with Gasteiger partial charge in [0.2, 0.25) is 11.8 Å². The van der Waals surface area contributed by atoms with Gasteiger partial charge in [0.05, 0.1) is 20.4 Å². The van der Waals surface area contributed by atoms with Crippen LogP contribution in [-0.4, -0.2) is 30.0 Å². The van der Waals surface area contributed by atoms with Crippen molar-refractivity contribution in [1.82, 2.24) is 4.78 Å². The molecule has 2 aromatic rings. The van der Waals surface area contributed by atoms with Crippen LogP contribution < -0.4 is 43.7 Å². The molecule has 11 heteroatoms. The first kappa shape index (κ1) is 24.2. The molecule has 0 fully saturated rings. The van der Waals surface area contributed by atoms with Gasteiger partial charge in [0, 0.05) is 6.16 Å². The Morgan fingerprint density at radius 1 is 1.22 bits per heavy atom. The molecule has 0 aliphatic rings. The van der Waals surface area contributed by atoms with Crippen LogP contribution in [0.5, 0.6) is 11.5 Å². The maximum atomic E-state index is 10.9. The Morgan fingerprint density at radius 3 is 2.30 bits per heavy atom. The molecular weight excluding hydrogens is 417 g/mol. The topological polar surface area (TPSA) is 94.4 Å². The molecule has 2 atom stereocenters. The third-order valence-corrected chi connectivity index (χ3v) is 5.86. The van der Waals surface area contributed by atoms with Crippen molar-refractivity contribution < 1.29 is 53.2 Å². The van der Waals surface area contributed by atoms with Crippen molar-refractivity contribution in [2.45, 2.75) is 6.16 Å². The van der Waals surface area contributed by atoms with Crippen LogP contribution >= 0.6 is 14.7 Å². The summed E-state index contributed by atoms with van der Waals surface area (Å²) in [4.78, 5) is 19.8. The maximum absolute atomic E-state index is 10.9. The first-order chi connectivity index (χ1) is 12.3. The SMILES string of the molecule is COc1ccc(/C=N/N(C)[P+](=S)Oc2ccc(CP(=O)([O-])O)cc2)cc1.[Na+]. The Hall–Kier alpha value is -0.820. The number of methoxy groups -OCH3 is 1. The van der Waals surface area contributed by atoms with E-state index in [1.807, 2.05) is 24.3 Å². The molecule has 0 saturated heterocycles. The normalized spacial score (nSPS) is 13.4. The van der Waals surface area contributed by atoms with Crippen molar-refractivity contribution in [3.8, 4) is 11.5 Å². The average Bonchev–Trinajstić information content (AvgIpc) is 2.60. The van der Waals surface area contributed by atoms with Crippen LogP contribution in [0.2, 0.25) is 0 Å². The summed E-state index contributed by atoms with van der Waals surface area (Å²) >= 11 is 5.32. The zero-order valence-electron chi connectivity index (χ0n) is 15.2. The van der Waals surface area contributed by atoms with Crippen LogP contribution in [0, 0.1) is 0 Å². The molecule has 2 unspecified atom stereocenters. The number of nitrogens with zero attached hydrogens (tertiary/aromatic N) is 2. The molecule has 138 valence electrons. The molecule has 7 nitrogen and oxygen atoms in total. The van der Waals surface area contributed by atoms with E-state index >= 15 is 0 Å². The summed E-state index contributed by atoms with van der Waals surface area (Å²) in [5.41, 5.74) is 1.37. The van der Waals surface area contributed by atoms with Crippen LogP contribution in [0.15, 0.2) is 53.6 Å². The van der Waals surface area contributed by atoms with Crippen LogP contribution in [0.3, 0.4) is 0 Å². The van der Waals surface area contributed by atoms with Gasteiger partial charge >= 0.3 is 36.6 Å². The molecular formula is C16H18N2NaO5P2S+. The summed E-state index contributed by atoms with van der Waals surface area (Å²) < 4.78 is 23.2. The molecule has 2 aromatic carbocycles. The standard InChI is InChI=1S/C16H18N2O5P2S.Na/c1-18(17-11-13-3-7-15(22-2)8-4-13)24(26)23-16-9-5-14(6-10-16)12-25(19,20)21;/h3-11H,12H2,1-2H3,(H-,19,20,21);/q;+1/b17-11+;. The molecule has 0 aliphatic carbocycles. The van der Waals surface area contributed by atoms with Crippen LogP contribution in [0.4, 0.5) is 0 Å². The van der Waals surface area contributed by atoms with E-state index < -0.39 is 20.8 Å². The number of rotatable bonds is 8. The fraction of sp³-hybridized carbons (Fsp3) is 0.188. The Kier molecular flexibility index (Phi) is 10.1. The smallest absolute Gasteiger partial charge is 0.778 e. The van der Waals surface area contributed by atoms with Gasteiger partial charge < -0.3 is 19.1 Å². The van der Waals surface area contributed by atoms with Crippen LogP contribution in [0.25, 0.3) is 0 Å². The minimum absolute atomic E-state index is 0. The maximum Gasteiger partial charge on any atom is 1.00 e. The molecule has 0 radical (unpaired) electrons. The van der Waals surface area contributed by atoms with Crippen molar-refractivity contribution in [2.75, 3.05) is 14.2 Å². The number of hydrogen-bond acceptors (Lipinski definition) is 6. The van der Waals surface area contributed by atoms with E-state index in [0.717, 1.165) is 11.3 Å². The quantitative estimate of drug-likeness (QED) is 0.267. The van der Waals surface area contributed by atoms with E-state index in [-0.39, 0.29) is 29.6 Å². The third-order valence-electron chi connectivity index (χ3n) is 3.22. The number of ether oxygens (including phenoxy) is 1. The summed E-state index contributed by atoms with van der Waals surface area (Å²) in [6, 6.07) is 13.8. The van der Waals surface area contributed by atoms with Crippen LogP contribution in [-0.2, 0) is 22.5 Å². The molecule has 27 heavy (non-hydrogen) atoms. The van der Waals surface area contributed by atoms with E-state index in [9.17, 15) is 9.46 Å².